The van der Waals surface area contributed by atoms with Crippen molar-refractivity contribution in [1.29, 1.82) is 0 Å². The summed E-state index contributed by atoms with van der Waals surface area (Å²) in [6, 6.07) is 10.8. The fourth-order valence-corrected chi connectivity index (χ4v) is 3.43. The summed E-state index contributed by atoms with van der Waals surface area (Å²) in [5.74, 6) is 0.999. The highest BCUT2D eigenvalue weighted by molar-refractivity contribution is 5.67. The van der Waals surface area contributed by atoms with Crippen LogP contribution in [0.4, 0.5) is 4.79 Å². The van der Waals surface area contributed by atoms with Gasteiger partial charge in [-0.2, -0.15) is 10.2 Å². The van der Waals surface area contributed by atoms with Crippen LogP contribution < -0.4 is 15.6 Å². The monoisotopic (exact) mass is 503 g/mol. The molecular weight excluding hydrogens is 474 g/mol. The first-order chi connectivity index (χ1) is 17.7. The standard InChI is InChI=1S/C26H29N7O4/c1-26(2,3)37-25(35)27-10-11-36-21-14-28-24(29-15-21)19-7-5-6-18(12-19)16-33-23(34)9-8-22(31-33)20-13-30-32(4)17-20/h5-9,12-15,17H,10-11,16H2,1-4H3,(H,27,35). The maximum atomic E-state index is 12.4. The maximum absolute atomic E-state index is 12.4. The first kappa shape index (κ1) is 25.5. The molecule has 0 aliphatic heterocycles. The molecule has 0 saturated carbocycles. The van der Waals surface area contributed by atoms with Gasteiger partial charge >= 0.3 is 6.09 Å². The van der Waals surface area contributed by atoms with Crippen LogP contribution in [0.15, 0.2) is 66.0 Å². The number of carbonyl (C=O) groups excluding carboxylic acids is 1. The van der Waals surface area contributed by atoms with E-state index in [1.165, 1.54) is 10.7 Å². The van der Waals surface area contributed by atoms with E-state index in [2.05, 4.69) is 25.5 Å². The van der Waals surface area contributed by atoms with Gasteiger partial charge in [-0.15, -0.1) is 0 Å². The van der Waals surface area contributed by atoms with Crippen LogP contribution in [-0.4, -0.2) is 54.4 Å². The van der Waals surface area contributed by atoms with Crippen molar-refractivity contribution < 1.29 is 14.3 Å². The molecule has 0 fully saturated rings. The fourth-order valence-electron chi connectivity index (χ4n) is 3.43. The van der Waals surface area contributed by atoms with Crippen molar-refractivity contribution >= 4 is 6.09 Å². The Bertz CT molecular complexity index is 1420. The number of benzene rings is 1. The fraction of sp³-hybridized carbons (Fsp3) is 0.308. The molecular formula is C26H29N7O4. The van der Waals surface area contributed by atoms with Gasteiger partial charge in [-0.3, -0.25) is 9.48 Å². The Morgan fingerprint density at radius 2 is 1.84 bits per heavy atom. The van der Waals surface area contributed by atoms with Crippen LogP contribution in [0.2, 0.25) is 0 Å². The number of rotatable bonds is 8. The highest BCUT2D eigenvalue weighted by Gasteiger charge is 2.15. The number of carbonyl (C=O) groups is 1. The molecule has 0 aliphatic carbocycles. The zero-order valence-corrected chi connectivity index (χ0v) is 21.2. The largest absolute Gasteiger partial charge is 0.489 e. The number of nitrogens with one attached hydrogen (secondary N) is 1. The van der Waals surface area contributed by atoms with Gasteiger partial charge in [-0.1, -0.05) is 18.2 Å². The summed E-state index contributed by atoms with van der Waals surface area (Å²) in [6.45, 7) is 6.24. The average Bonchev–Trinajstić information content (AvgIpc) is 3.29. The Morgan fingerprint density at radius 1 is 1.05 bits per heavy atom. The van der Waals surface area contributed by atoms with E-state index in [-0.39, 0.29) is 18.7 Å². The number of aromatic nitrogens is 6. The Kier molecular flexibility index (Phi) is 7.61. The van der Waals surface area contributed by atoms with Gasteiger partial charge in [0.1, 0.15) is 12.2 Å². The SMILES string of the molecule is Cn1cc(-c2ccc(=O)n(Cc3cccc(-c4ncc(OCCNC(=O)OC(C)(C)C)cn4)c3)n2)cn1. The lowest BCUT2D eigenvalue weighted by Crippen LogP contribution is -2.34. The summed E-state index contributed by atoms with van der Waals surface area (Å²) in [5.41, 5.74) is 2.43. The van der Waals surface area contributed by atoms with E-state index in [0.29, 0.717) is 23.8 Å². The topological polar surface area (TPSA) is 126 Å². The molecule has 0 bridgehead atoms. The Labute approximate surface area is 214 Å². The number of alkyl carbamates (subject to hydrolysis) is 1. The number of aryl methyl sites for hydroxylation is 1. The maximum Gasteiger partial charge on any atom is 0.407 e. The third-order valence-corrected chi connectivity index (χ3v) is 5.05. The lowest BCUT2D eigenvalue weighted by atomic mass is 10.1. The summed E-state index contributed by atoms with van der Waals surface area (Å²) in [7, 11) is 1.83. The van der Waals surface area contributed by atoms with E-state index in [0.717, 1.165) is 16.7 Å². The quantitative estimate of drug-likeness (QED) is 0.364. The van der Waals surface area contributed by atoms with Gasteiger partial charge in [0.2, 0.25) is 0 Å². The van der Waals surface area contributed by atoms with E-state index in [1.807, 2.05) is 37.5 Å². The van der Waals surface area contributed by atoms with E-state index >= 15 is 0 Å². The van der Waals surface area contributed by atoms with Gasteiger partial charge in [0.05, 0.1) is 37.4 Å². The molecule has 4 aromatic rings. The molecule has 3 aromatic heterocycles. The average molecular weight is 504 g/mol. The minimum Gasteiger partial charge on any atom is -0.489 e. The predicted octanol–water partition coefficient (Wildman–Crippen LogP) is 3.05. The molecule has 0 spiro atoms. The second-order valence-electron chi connectivity index (χ2n) is 9.34. The van der Waals surface area contributed by atoms with Crippen LogP contribution in [0, 0.1) is 0 Å². The van der Waals surface area contributed by atoms with Crippen molar-refractivity contribution in [3.05, 3.63) is 77.1 Å². The molecule has 0 unspecified atom stereocenters. The first-order valence-corrected chi connectivity index (χ1v) is 11.7. The number of hydrogen-bond donors (Lipinski definition) is 1. The van der Waals surface area contributed by atoms with Gasteiger partial charge in [-0.05, 0) is 38.5 Å². The van der Waals surface area contributed by atoms with Gasteiger partial charge in [0.25, 0.3) is 5.56 Å². The molecule has 192 valence electrons. The molecule has 11 nitrogen and oxygen atoms in total. The second-order valence-corrected chi connectivity index (χ2v) is 9.34. The molecule has 0 atom stereocenters. The summed E-state index contributed by atoms with van der Waals surface area (Å²) in [6.07, 6.45) is 6.21. The van der Waals surface area contributed by atoms with Crippen LogP contribution in [0.25, 0.3) is 22.6 Å². The highest BCUT2D eigenvalue weighted by atomic mass is 16.6. The summed E-state index contributed by atoms with van der Waals surface area (Å²) >= 11 is 0. The van der Waals surface area contributed by atoms with Gasteiger partial charge in [0, 0.05) is 30.4 Å². The summed E-state index contributed by atoms with van der Waals surface area (Å²) < 4.78 is 13.9. The smallest absolute Gasteiger partial charge is 0.407 e. The molecule has 0 aliphatic rings. The van der Waals surface area contributed by atoms with Crippen molar-refractivity contribution in [2.24, 2.45) is 7.05 Å². The second kappa shape index (κ2) is 11.0. The van der Waals surface area contributed by atoms with Crippen LogP contribution >= 0.6 is 0 Å². The lowest BCUT2D eigenvalue weighted by molar-refractivity contribution is 0.0520. The molecule has 4 rings (SSSR count). The van der Waals surface area contributed by atoms with Gasteiger partial charge < -0.3 is 14.8 Å². The molecule has 11 heteroatoms. The van der Waals surface area contributed by atoms with Crippen LogP contribution in [0.3, 0.4) is 0 Å². The normalized spacial score (nSPS) is 11.2. The van der Waals surface area contributed by atoms with Crippen molar-refractivity contribution in [2.45, 2.75) is 32.9 Å². The number of amides is 1. The van der Waals surface area contributed by atoms with Crippen molar-refractivity contribution in [3.8, 4) is 28.4 Å². The third-order valence-electron chi connectivity index (χ3n) is 5.05. The van der Waals surface area contributed by atoms with Crippen molar-refractivity contribution in [1.82, 2.24) is 34.8 Å². The number of hydrogen-bond acceptors (Lipinski definition) is 8. The van der Waals surface area contributed by atoms with E-state index in [9.17, 15) is 9.59 Å². The minimum absolute atomic E-state index is 0.197. The zero-order chi connectivity index (χ0) is 26.4. The van der Waals surface area contributed by atoms with E-state index in [4.69, 9.17) is 9.47 Å². The lowest BCUT2D eigenvalue weighted by Gasteiger charge is -2.19. The Hall–Kier alpha value is -4.54. The molecule has 3 heterocycles. The van der Waals surface area contributed by atoms with Crippen molar-refractivity contribution in [2.75, 3.05) is 13.2 Å². The van der Waals surface area contributed by atoms with Crippen LogP contribution in [-0.2, 0) is 18.3 Å². The highest BCUT2D eigenvalue weighted by Crippen LogP contribution is 2.19. The van der Waals surface area contributed by atoms with E-state index in [1.54, 1.807) is 50.1 Å². The molecule has 0 radical (unpaired) electrons. The molecule has 37 heavy (non-hydrogen) atoms. The van der Waals surface area contributed by atoms with Crippen LogP contribution in [0.5, 0.6) is 5.75 Å². The Morgan fingerprint density at radius 3 is 2.54 bits per heavy atom. The molecule has 1 N–H and O–H groups in total. The third kappa shape index (κ3) is 7.23. The molecule has 1 amide bonds. The van der Waals surface area contributed by atoms with Gasteiger partial charge in [-0.25, -0.2) is 19.4 Å². The molecule has 0 saturated heterocycles. The minimum atomic E-state index is -0.553. The Balaban J connectivity index is 1.37. The summed E-state index contributed by atoms with van der Waals surface area (Å²) in [5, 5.41) is 11.3. The number of ether oxygens (including phenoxy) is 2. The summed E-state index contributed by atoms with van der Waals surface area (Å²) in [4.78, 5) is 32.9. The zero-order valence-electron chi connectivity index (χ0n) is 21.2. The first-order valence-electron chi connectivity index (χ1n) is 11.7. The van der Waals surface area contributed by atoms with Crippen molar-refractivity contribution in [3.63, 3.8) is 0 Å². The van der Waals surface area contributed by atoms with Crippen LogP contribution in [0.1, 0.15) is 26.3 Å². The van der Waals surface area contributed by atoms with Gasteiger partial charge in [0.15, 0.2) is 11.6 Å². The predicted molar refractivity (Wildman–Crippen MR) is 137 cm³/mol. The molecule has 1 aromatic carbocycles. The number of nitrogens with zero attached hydrogens (tertiary/aromatic N) is 6. The van der Waals surface area contributed by atoms with E-state index < -0.39 is 11.7 Å².